The summed E-state index contributed by atoms with van der Waals surface area (Å²) in [7, 11) is 0. The van der Waals surface area contributed by atoms with Gasteiger partial charge in [0.1, 0.15) is 5.52 Å². The van der Waals surface area contributed by atoms with E-state index < -0.39 is 5.91 Å². The van der Waals surface area contributed by atoms with Gasteiger partial charge in [-0.3, -0.25) is 9.59 Å². The molecule has 2 N–H and O–H groups in total. The summed E-state index contributed by atoms with van der Waals surface area (Å²) in [6, 6.07) is 12.0. The standard InChI is InChI=1S/C17H12N4O3/c1-9-18-13-7-6-10(8-14(13)24-9)19-17(23)15-11-4-2-3-5-12(11)16(22)21-20-15/h2-8H,1H3,(H,19,23)(H,21,22). The van der Waals surface area contributed by atoms with Gasteiger partial charge in [-0.2, -0.15) is 5.10 Å². The molecule has 2 aromatic heterocycles. The topological polar surface area (TPSA) is 101 Å². The molecule has 0 fully saturated rings. The van der Waals surface area contributed by atoms with Gasteiger partial charge in [0, 0.05) is 24.1 Å². The lowest BCUT2D eigenvalue weighted by Gasteiger charge is -2.06. The van der Waals surface area contributed by atoms with Gasteiger partial charge >= 0.3 is 0 Å². The number of rotatable bonds is 2. The van der Waals surface area contributed by atoms with E-state index in [-0.39, 0.29) is 11.3 Å². The normalized spacial score (nSPS) is 11.0. The van der Waals surface area contributed by atoms with Crippen LogP contribution in [0.1, 0.15) is 16.4 Å². The van der Waals surface area contributed by atoms with Crippen LogP contribution in [0.25, 0.3) is 21.9 Å². The highest BCUT2D eigenvalue weighted by molar-refractivity contribution is 6.11. The maximum absolute atomic E-state index is 12.5. The van der Waals surface area contributed by atoms with Gasteiger partial charge in [0.25, 0.3) is 11.5 Å². The third kappa shape index (κ3) is 2.32. The van der Waals surface area contributed by atoms with Crippen molar-refractivity contribution in [3.8, 4) is 0 Å². The Morgan fingerprint density at radius 2 is 1.96 bits per heavy atom. The number of carbonyl (C=O) groups is 1. The Kier molecular flexibility index (Phi) is 3.13. The molecular formula is C17H12N4O3. The molecule has 0 spiro atoms. The van der Waals surface area contributed by atoms with Crippen molar-refractivity contribution in [2.24, 2.45) is 0 Å². The molecule has 7 heteroatoms. The van der Waals surface area contributed by atoms with Crippen molar-refractivity contribution in [2.45, 2.75) is 6.92 Å². The Labute approximate surface area is 135 Å². The molecule has 118 valence electrons. The molecule has 2 heterocycles. The SMILES string of the molecule is Cc1nc2ccc(NC(=O)c3n[nH]c(=O)c4ccccc34)cc2o1. The molecule has 0 unspecified atom stereocenters. The predicted octanol–water partition coefficient (Wildman–Crippen LogP) is 2.63. The average Bonchev–Trinajstić information content (AvgIpc) is 2.94. The van der Waals surface area contributed by atoms with Crippen molar-refractivity contribution < 1.29 is 9.21 Å². The molecule has 0 aliphatic rings. The molecule has 0 bridgehead atoms. The minimum atomic E-state index is -0.418. The second-order valence-electron chi connectivity index (χ2n) is 5.32. The average molecular weight is 320 g/mol. The van der Waals surface area contributed by atoms with E-state index >= 15 is 0 Å². The van der Waals surface area contributed by atoms with Gasteiger partial charge in [0.05, 0.1) is 5.39 Å². The molecule has 0 saturated heterocycles. The number of amides is 1. The fourth-order valence-corrected chi connectivity index (χ4v) is 2.60. The van der Waals surface area contributed by atoms with Crippen molar-refractivity contribution in [3.63, 3.8) is 0 Å². The lowest BCUT2D eigenvalue weighted by Crippen LogP contribution is -2.19. The number of aromatic amines is 1. The second kappa shape index (κ2) is 5.31. The van der Waals surface area contributed by atoms with Crippen LogP contribution in [0.2, 0.25) is 0 Å². The van der Waals surface area contributed by atoms with E-state index in [4.69, 9.17) is 4.42 Å². The van der Waals surface area contributed by atoms with E-state index in [1.165, 1.54) is 0 Å². The van der Waals surface area contributed by atoms with Crippen molar-refractivity contribution in [3.05, 3.63) is 64.4 Å². The summed E-state index contributed by atoms with van der Waals surface area (Å²) in [5, 5.41) is 9.90. The molecule has 4 aromatic rings. The molecule has 4 rings (SSSR count). The van der Waals surface area contributed by atoms with Crippen LogP contribution in [-0.4, -0.2) is 21.1 Å². The van der Waals surface area contributed by atoms with Crippen LogP contribution in [0.3, 0.4) is 0 Å². The molecule has 0 atom stereocenters. The summed E-state index contributed by atoms with van der Waals surface area (Å²) >= 11 is 0. The largest absolute Gasteiger partial charge is 0.441 e. The number of benzene rings is 2. The molecule has 0 saturated carbocycles. The van der Waals surface area contributed by atoms with Gasteiger partial charge in [-0.25, -0.2) is 10.1 Å². The van der Waals surface area contributed by atoms with Gasteiger partial charge in [-0.1, -0.05) is 18.2 Å². The number of carbonyl (C=O) groups excluding carboxylic acids is 1. The van der Waals surface area contributed by atoms with Crippen LogP contribution in [0.5, 0.6) is 0 Å². The summed E-state index contributed by atoms with van der Waals surface area (Å²) in [5.41, 5.74) is 1.68. The van der Waals surface area contributed by atoms with Gasteiger partial charge in [0.2, 0.25) is 0 Å². The number of fused-ring (bicyclic) bond motifs is 2. The van der Waals surface area contributed by atoms with Gasteiger partial charge < -0.3 is 9.73 Å². The molecule has 0 aliphatic heterocycles. The number of aromatic nitrogens is 3. The van der Waals surface area contributed by atoms with Crippen LogP contribution in [0.15, 0.2) is 51.7 Å². The zero-order chi connectivity index (χ0) is 16.7. The maximum atomic E-state index is 12.5. The van der Waals surface area contributed by atoms with Crippen LogP contribution >= 0.6 is 0 Å². The summed E-state index contributed by atoms with van der Waals surface area (Å²) in [6.07, 6.45) is 0. The van der Waals surface area contributed by atoms with Crippen molar-refractivity contribution in [1.29, 1.82) is 0 Å². The second-order valence-corrected chi connectivity index (χ2v) is 5.32. The molecular weight excluding hydrogens is 308 g/mol. The third-order valence-electron chi connectivity index (χ3n) is 3.66. The Bertz CT molecular complexity index is 1140. The minimum absolute atomic E-state index is 0.152. The van der Waals surface area contributed by atoms with Crippen LogP contribution in [-0.2, 0) is 0 Å². The highest BCUT2D eigenvalue weighted by Crippen LogP contribution is 2.21. The molecule has 2 aromatic carbocycles. The Hall–Kier alpha value is -3.48. The lowest BCUT2D eigenvalue weighted by molar-refractivity contribution is 0.102. The lowest BCUT2D eigenvalue weighted by atomic mass is 10.1. The van der Waals surface area contributed by atoms with Crippen molar-refractivity contribution in [2.75, 3.05) is 5.32 Å². The molecule has 1 amide bonds. The van der Waals surface area contributed by atoms with Crippen LogP contribution in [0.4, 0.5) is 5.69 Å². The van der Waals surface area contributed by atoms with E-state index in [1.54, 1.807) is 49.4 Å². The number of nitrogens with one attached hydrogen (secondary N) is 2. The number of nitrogens with zero attached hydrogens (tertiary/aromatic N) is 2. The predicted molar refractivity (Wildman–Crippen MR) is 89.1 cm³/mol. The maximum Gasteiger partial charge on any atom is 0.276 e. The van der Waals surface area contributed by atoms with E-state index in [1.807, 2.05) is 0 Å². The first-order valence-electron chi connectivity index (χ1n) is 7.28. The quantitative estimate of drug-likeness (QED) is 0.591. The van der Waals surface area contributed by atoms with Gasteiger partial charge in [-0.05, 0) is 18.2 Å². The number of aryl methyl sites for hydroxylation is 1. The molecule has 0 aliphatic carbocycles. The number of H-pyrrole nitrogens is 1. The summed E-state index contributed by atoms with van der Waals surface area (Å²) in [6.45, 7) is 1.76. The molecule has 0 radical (unpaired) electrons. The number of anilines is 1. The first kappa shape index (κ1) is 14.1. The van der Waals surface area contributed by atoms with Gasteiger partial charge in [0.15, 0.2) is 17.2 Å². The van der Waals surface area contributed by atoms with Crippen LogP contribution < -0.4 is 10.9 Å². The monoisotopic (exact) mass is 320 g/mol. The Balaban J connectivity index is 1.73. The smallest absolute Gasteiger partial charge is 0.276 e. The van der Waals surface area contributed by atoms with Crippen LogP contribution in [0, 0.1) is 6.92 Å². The van der Waals surface area contributed by atoms with E-state index in [0.29, 0.717) is 27.9 Å². The first-order chi connectivity index (χ1) is 11.6. The van der Waals surface area contributed by atoms with E-state index in [9.17, 15) is 9.59 Å². The highest BCUT2D eigenvalue weighted by Gasteiger charge is 2.14. The number of oxazole rings is 1. The minimum Gasteiger partial charge on any atom is -0.441 e. The van der Waals surface area contributed by atoms with Crippen molar-refractivity contribution >= 4 is 33.5 Å². The number of hydrogen-bond acceptors (Lipinski definition) is 5. The Morgan fingerprint density at radius 3 is 2.79 bits per heavy atom. The summed E-state index contributed by atoms with van der Waals surface area (Å²) in [5.74, 6) is 0.139. The van der Waals surface area contributed by atoms with Crippen molar-refractivity contribution in [1.82, 2.24) is 15.2 Å². The first-order valence-corrected chi connectivity index (χ1v) is 7.28. The zero-order valence-electron chi connectivity index (χ0n) is 12.7. The highest BCUT2D eigenvalue weighted by atomic mass is 16.3. The molecule has 24 heavy (non-hydrogen) atoms. The fourth-order valence-electron chi connectivity index (χ4n) is 2.60. The van der Waals surface area contributed by atoms with E-state index in [2.05, 4.69) is 20.5 Å². The fraction of sp³-hybridized carbons (Fsp3) is 0.0588. The third-order valence-corrected chi connectivity index (χ3v) is 3.66. The molecule has 7 nitrogen and oxygen atoms in total. The summed E-state index contributed by atoms with van der Waals surface area (Å²) < 4.78 is 5.46. The Morgan fingerprint density at radius 1 is 1.17 bits per heavy atom. The summed E-state index contributed by atoms with van der Waals surface area (Å²) in [4.78, 5) is 28.5. The van der Waals surface area contributed by atoms with E-state index in [0.717, 1.165) is 5.52 Å². The van der Waals surface area contributed by atoms with Gasteiger partial charge in [-0.15, -0.1) is 0 Å². The zero-order valence-corrected chi connectivity index (χ0v) is 12.7. The number of hydrogen-bond donors (Lipinski definition) is 2.